The van der Waals surface area contributed by atoms with Crippen molar-refractivity contribution in [3.05, 3.63) is 28.2 Å². The molecule has 0 heterocycles. The van der Waals surface area contributed by atoms with E-state index in [4.69, 9.17) is 23.2 Å². The first kappa shape index (κ1) is 12.1. The van der Waals surface area contributed by atoms with Crippen LogP contribution in [-0.4, -0.2) is 19.0 Å². The SMILES string of the molecule is CNC(=O)C(C)Nc1ccc(Cl)c(Cl)c1. The molecule has 1 rings (SSSR count). The molecule has 0 spiro atoms. The number of benzene rings is 1. The Bertz CT molecular complexity index is 368. The highest BCUT2D eigenvalue weighted by Crippen LogP contribution is 2.25. The minimum Gasteiger partial charge on any atom is -0.374 e. The van der Waals surface area contributed by atoms with Crippen LogP contribution in [-0.2, 0) is 4.79 Å². The maximum absolute atomic E-state index is 11.2. The Morgan fingerprint density at radius 3 is 2.53 bits per heavy atom. The minimum absolute atomic E-state index is 0.0823. The van der Waals surface area contributed by atoms with Crippen molar-refractivity contribution in [2.45, 2.75) is 13.0 Å². The van der Waals surface area contributed by atoms with Crippen LogP contribution in [0.4, 0.5) is 5.69 Å². The summed E-state index contributed by atoms with van der Waals surface area (Å²) in [7, 11) is 1.59. The van der Waals surface area contributed by atoms with E-state index >= 15 is 0 Å². The van der Waals surface area contributed by atoms with E-state index in [2.05, 4.69) is 10.6 Å². The summed E-state index contributed by atoms with van der Waals surface area (Å²) in [5, 5.41) is 6.51. The van der Waals surface area contributed by atoms with Crippen LogP contribution < -0.4 is 10.6 Å². The summed E-state index contributed by atoms with van der Waals surface area (Å²) in [6, 6.07) is 4.83. The summed E-state index contributed by atoms with van der Waals surface area (Å²) in [6.07, 6.45) is 0. The largest absolute Gasteiger partial charge is 0.374 e. The fraction of sp³-hybridized carbons (Fsp3) is 0.300. The first-order chi connectivity index (χ1) is 7.04. The lowest BCUT2D eigenvalue weighted by atomic mass is 10.2. The normalized spacial score (nSPS) is 12.0. The van der Waals surface area contributed by atoms with Gasteiger partial charge in [0, 0.05) is 12.7 Å². The molecule has 0 saturated heterocycles. The molecule has 1 amide bonds. The number of anilines is 1. The second-order valence-corrected chi connectivity index (χ2v) is 3.92. The van der Waals surface area contributed by atoms with Gasteiger partial charge in [-0.1, -0.05) is 23.2 Å². The molecule has 5 heteroatoms. The van der Waals surface area contributed by atoms with Gasteiger partial charge in [0.15, 0.2) is 0 Å². The third-order valence-corrected chi connectivity index (χ3v) is 2.68. The van der Waals surface area contributed by atoms with Crippen LogP contribution in [0.25, 0.3) is 0 Å². The molecular weight excluding hydrogens is 235 g/mol. The first-order valence-corrected chi connectivity index (χ1v) is 5.23. The van der Waals surface area contributed by atoms with Gasteiger partial charge in [0.25, 0.3) is 0 Å². The van der Waals surface area contributed by atoms with Gasteiger partial charge in [0.2, 0.25) is 5.91 Å². The van der Waals surface area contributed by atoms with Gasteiger partial charge in [-0.05, 0) is 25.1 Å². The Kier molecular flexibility index (Phi) is 4.24. The number of halogens is 2. The topological polar surface area (TPSA) is 41.1 Å². The highest BCUT2D eigenvalue weighted by Gasteiger charge is 2.10. The number of carbonyl (C=O) groups excluding carboxylic acids is 1. The molecule has 3 nitrogen and oxygen atoms in total. The standard InChI is InChI=1S/C10H12Cl2N2O/c1-6(10(15)13-2)14-7-3-4-8(11)9(12)5-7/h3-6,14H,1-2H3,(H,13,15). The number of hydrogen-bond acceptors (Lipinski definition) is 2. The van der Waals surface area contributed by atoms with E-state index in [9.17, 15) is 4.79 Å². The van der Waals surface area contributed by atoms with Crippen LogP contribution in [0.3, 0.4) is 0 Å². The Hall–Kier alpha value is -0.930. The third-order valence-electron chi connectivity index (χ3n) is 1.94. The highest BCUT2D eigenvalue weighted by atomic mass is 35.5. The molecule has 82 valence electrons. The van der Waals surface area contributed by atoms with Crippen molar-refractivity contribution in [3.8, 4) is 0 Å². The Labute approximate surface area is 98.8 Å². The van der Waals surface area contributed by atoms with Crippen molar-refractivity contribution in [2.24, 2.45) is 0 Å². The molecule has 0 aromatic heterocycles. The van der Waals surface area contributed by atoms with Crippen molar-refractivity contribution in [1.82, 2.24) is 5.32 Å². The minimum atomic E-state index is -0.313. The average molecular weight is 247 g/mol. The van der Waals surface area contributed by atoms with E-state index in [1.54, 1.807) is 32.2 Å². The second-order valence-electron chi connectivity index (χ2n) is 3.11. The highest BCUT2D eigenvalue weighted by molar-refractivity contribution is 6.42. The predicted octanol–water partition coefficient (Wildman–Crippen LogP) is 2.54. The van der Waals surface area contributed by atoms with Gasteiger partial charge in [0.05, 0.1) is 10.0 Å². The van der Waals surface area contributed by atoms with E-state index in [1.165, 1.54) is 0 Å². The molecule has 0 fully saturated rings. The van der Waals surface area contributed by atoms with Gasteiger partial charge in [-0.2, -0.15) is 0 Å². The van der Waals surface area contributed by atoms with Gasteiger partial charge in [-0.15, -0.1) is 0 Å². The van der Waals surface area contributed by atoms with Crippen molar-refractivity contribution in [2.75, 3.05) is 12.4 Å². The maximum atomic E-state index is 11.2. The molecule has 1 atom stereocenters. The van der Waals surface area contributed by atoms with Crippen LogP contribution in [0, 0.1) is 0 Å². The Balaban J connectivity index is 2.73. The molecule has 0 bridgehead atoms. The number of rotatable bonds is 3. The molecule has 2 N–H and O–H groups in total. The second kappa shape index (κ2) is 5.24. The van der Waals surface area contributed by atoms with Gasteiger partial charge >= 0.3 is 0 Å². The average Bonchev–Trinajstić information content (AvgIpc) is 2.22. The van der Waals surface area contributed by atoms with Gasteiger partial charge in [0.1, 0.15) is 6.04 Å². The zero-order valence-electron chi connectivity index (χ0n) is 8.47. The van der Waals surface area contributed by atoms with E-state index in [-0.39, 0.29) is 11.9 Å². The van der Waals surface area contributed by atoms with Crippen molar-refractivity contribution >= 4 is 34.8 Å². The molecular formula is C10H12Cl2N2O. The fourth-order valence-electron chi connectivity index (χ4n) is 1.12. The summed E-state index contributed by atoms with van der Waals surface area (Å²) < 4.78 is 0. The molecule has 1 aromatic rings. The predicted molar refractivity (Wildman–Crippen MR) is 63.6 cm³/mol. The summed E-state index contributed by atoms with van der Waals surface area (Å²) >= 11 is 11.6. The van der Waals surface area contributed by atoms with E-state index in [0.717, 1.165) is 5.69 Å². The number of carbonyl (C=O) groups is 1. The van der Waals surface area contributed by atoms with Gasteiger partial charge in [-0.25, -0.2) is 0 Å². The number of likely N-dealkylation sites (N-methyl/N-ethyl adjacent to an activating group) is 1. The zero-order chi connectivity index (χ0) is 11.4. The Morgan fingerprint density at radius 1 is 1.33 bits per heavy atom. The van der Waals surface area contributed by atoms with Crippen LogP contribution in [0.1, 0.15) is 6.92 Å². The lowest BCUT2D eigenvalue weighted by molar-refractivity contribution is -0.121. The summed E-state index contributed by atoms with van der Waals surface area (Å²) in [5.74, 6) is -0.0823. The van der Waals surface area contributed by atoms with E-state index in [1.807, 2.05) is 0 Å². The number of nitrogens with one attached hydrogen (secondary N) is 2. The number of hydrogen-bond donors (Lipinski definition) is 2. The summed E-state index contributed by atoms with van der Waals surface area (Å²) in [4.78, 5) is 11.2. The molecule has 1 aromatic carbocycles. The lowest BCUT2D eigenvalue weighted by Gasteiger charge is -2.13. The quantitative estimate of drug-likeness (QED) is 0.861. The van der Waals surface area contributed by atoms with Crippen LogP contribution in [0.15, 0.2) is 18.2 Å². The Morgan fingerprint density at radius 2 is 2.00 bits per heavy atom. The monoisotopic (exact) mass is 246 g/mol. The lowest BCUT2D eigenvalue weighted by Crippen LogP contribution is -2.35. The van der Waals surface area contributed by atoms with Crippen molar-refractivity contribution < 1.29 is 4.79 Å². The van der Waals surface area contributed by atoms with Crippen molar-refractivity contribution in [1.29, 1.82) is 0 Å². The van der Waals surface area contributed by atoms with E-state index < -0.39 is 0 Å². The van der Waals surface area contributed by atoms with Crippen molar-refractivity contribution in [3.63, 3.8) is 0 Å². The maximum Gasteiger partial charge on any atom is 0.241 e. The number of amides is 1. The van der Waals surface area contributed by atoms with E-state index in [0.29, 0.717) is 10.0 Å². The van der Waals surface area contributed by atoms with Crippen LogP contribution >= 0.6 is 23.2 Å². The molecule has 1 unspecified atom stereocenters. The fourth-order valence-corrected chi connectivity index (χ4v) is 1.42. The van der Waals surface area contributed by atoms with Gasteiger partial charge < -0.3 is 10.6 Å². The van der Waals surface area contributed by atoms with Crippen LogP contribution in [0.5, 0.6) is 0 Å². The third kappa shape index (κ3) is 3.29. The molecule has 0 aliphatic heterocycles. The zero-order valence-corrected chi connectivity index (χ0v) is 9.99. The van der Waals surface area contributed by atoms with Gasteiger partial charge in [-0.3, -0.25) is 4.79 Å². The summed E-state index contributed by atoms with van der Waals surface area (Å²) in [5.41, 5.74) is 0.764. The van der Waals surface area contributed by atoms with Crippen LogP contribution in [0.2, 0.25) is 10.0 Å². The molecule has 15 heavy (non-hydrogen) atoms. The molecule has 0 aliphatic rings. The molecule has 0 radical (unpaired) electrons. The summed E-state index contributed by atoms with van der Waals surface area (Å²) in [6.45, 7) is 1.77. The smallest absolute Gasteiger partial charge is 0.241 e. The first-order valence-electron chi connectivity index (χ1n) is 4.47. The molecule has 0 aliphatic carbocycles. The molecule has 0 saturated carbocycles.